The number of rotatable bonds is 13. The maximum Gasteiger partial charge on any atom is 0.305 e. The molecule has 0 saturated heterocycles. The normalized spacial score (nSPS) is 21.1. The molecule has 0 heterocycles. The number of ketones is 1. The van der Waals surface area contributed by atoms with Gasteiger partial charge < -0.3 is 19.3 Å². The van der Waals surface area contributed by atoms with Crippen molar-refractivity contribution in [2.24, 2.45) is 0 Å². The van der Waals surface area contributed by atoms with Crippen LogP contribution in [0, 0.1) is 0 Å². The Balaban J connectivity index is 3.23. The highest BCUT2D eigenvalue weighted by atomic mass is 35.5. The van der Waals surface area contributed by atoms with Crippen molar-refractivity contribution in [3.8, 4) is 0 Å². The topological polar surface area (TPSA) is 116 Å². The number of Topliss-reactive ketones (excluding diaryl/α,β-unsaturated/α-hetero) is 1. The summed E-state index contributed by atoms with van der Waals surface area (Å²) in [6, 6.07) is 0. The van der Waals surface area contributed by atoms with E-state index in [0.29, 0.717) is 6.42 Å². The van der Waals surface area contributed by atoms with E-state index in [-0.39, 0.29) is 36.3 Å². The monoisotopic (exact) mass is 496 g/mol. The van der Waals surface area contributed by atoms with Gasteiger partial charge in [0.05, 0.1) is 12.1 Å². The van der Waals surface area contributed by atoms with Crippen LogP contribution < -0.4 is 0 Å². The summed E-state index contributed by atoms with van der Waals surface area (Å²) in [5.74, 6) is -2.37. The summed E-state index contributed by atoms with van der Waals surface area (Å²) in [6.07, 6.45) is 10.0. The molecule has 0 aliphatic heterocycles. The van der Waals surface area contributed by atoms with Crippen molar-refractivity contribution in [2.45, 2.75) is 77.1 Å². The van der Waals surface area contributed by atoms with Crippen LogP contribution in [0.25, 0.3) is 0 Å². The Hall–Kier alpha value is -2.71. The lowest BCUT2D eigenvalue weighted by Crippen LogP contribution is -2.36. The van der Waals surface area contributed by atoms with Gasteiger partial charge >= 0.3 is 17.9 Å². The quantitative estimate of drug-likeness (QED) is 0.177. The standard InChI is InChI=1S/C25H33ClO8/c1-5-6-7-8-9-10-14-25(31)16-20(26)24(30)19(25)15-22(34-18(3)28)21(33-17(2)27)12-11-13-23(29)32-4/h6-7,9-10,15-16,21-22,31H,5,8,11-14H2,1-4H3/b7-6-,10-9-,19-15?/t21-,22-,25-/m0/s1. The number of esters is 3. The number of halogens is 1. The van der Waals surface area contributed by atoms with Crippen molar-refractivity contribution < 1.29 is 38.5 Å². The minimum absolute atomic E-state index is 0.0607. The summed E-state index contributed by atoms with van der Waals surface area (Å²) in [5.41, 5.74) is -1.80. The number of carbonyl (C=O) groups is 4. The Morgan fingerprint density at radius 1 is 1.12 bits per heavy atom. The first-order valence-corrected chi connectivity index (χ1v) is 11.5. The fraction of sp³-hybridized carbons (Fsp3) is 0.520. The Kier molecular flexibility index (Phi) is 12.5. The van der Waals surface area contributed by atoms with E-state index in [1.54, 1.807) is 6.08 Å². The van der Waals surface area contributed by atoms with Gasteiger partial charge in [0.2, 0.25) is 5.78 Å². The summed E-state index contributed by atoms with van der Waals surface area (Å²) in [7, 11) is 1.26. The molecule has 0 saturated carbocycles. The number of hydrogen-bond acceptors (Lipinski definition) is 8. The van der Waals surface area contributed by atoms with Crippen LogP contribution in [0.3, 0.4) is 0 Å². The number of aliphatic hydroxyl groups is 1. The first kappa shape index (κ1) is 29.3. The molecule has 0 aromatic heterocycles. The zero-order valence-corrected chi connectivity index (χ0v) is 20.8. The van der Waals surface area contributed by atoms with Crippen molar-refractivity contribution in [2.75, 3.05) is 7.11 Å². The molecule has 3 atom stereocenters. The van der Waals surface area contributed by atoms with Gasteiger partial charge in [-0.25, -0.2) is 0 Å². The third kappa shape index (κ3) is 9.65. The lowest BCUT2D eigenvalue weighted by Gasteiger charge is -2.27. The first-order valence-electron chi connectivity index (χ1n) is 11.1. The van der Waals surface area contributed by atoms with E-state index in [1.165, 1.54) is 33.1 Å². The summed E-state index contributed by atoms with van der Waals surface area (Å²) in [6.45, 7) is 4.39. The Morgan fingerprint density at radius 3 is 2.35 bits per heavy atom. The van der Waals surface area contributed by atoms with E-state index in [1.807, 2.05) is 25.2 Å². The molecule has 1 rings (SSSR count). The SMILES string of the molecule is CC/C=C\C/C=C\C[C@]1(O)C=C(Cl)C(=O)C1=C[C@H](OC(C)=O)[C@H](CCCC(=O)OC)OC(C)=O. The van der Waals surface area contributed by atoms with Crippen molar-refractivity contribution in [3.05, 3.63) is 47.1 Å². The van der Waals surface area contributed by atoms with Gasteiger partial charge in [-0.05, 0) is 37.8 Å². The number of allylic oxidation sites excluding steroid dienone is 4. The van der Waals surface area contributed by atoms with Crippen molar-refractivity contribution in [1.82, 2.24) is 0 Å². The van der Waals surface area contributed by atoms with Gasteiger partial charge in [0.15, 0.2) is 6.10 Å². The summed E-state index contributed by atoms with van der Waals surface area (Å²) in [5, 5.41) is 11.0. The molecule has 0 unspecified atom stereocenters. The third-order valence-electron chi connectivity index (χ3n) is 4.98. The molecular weight excluding hydrogens is 464 g/mol. The molecule has 0 amide bonds. The van der Waals surface area contributed by atoms with Crippen LogP contribution in [0.4, 0.5) is 0 Å². The van der Waals surface area contributed by atoms with Crippen molar-refractivity contribution in [3.63, 3.8) is 0 Å². The van der Waals surface area contributed by atoms with E-state index in [2.05, 4.69) is 4.74 Å². The molecule has 0 aromatic carbocycles. The highest BCUT2D eigenvalue weighted by Gasteiger charge is 2.42. The number of carbonyl (C=O) groups excluding carboxylic acids is 4. The highest BCUT2D eigenvalue weighted by Crippen LogP contribution is 2.37. The minimum atomic E-state index is -1.72. The second kappa shape index (κ2) is 14.5. The Labute approximate surface area is 205 Å². The van der Waals surface area contributed by atoms with Gasteiger partial charge in [0.1, 0.15) is 11.7 Å². The molecule has 1 N–H and O–H groups in total. The van der Waals surface area contributed by atoms with Crippen molar-refractivity contribution in [1.29, 1.82) is 0 Å². The van der Waals surface area contributed by atoms with Crippen LogP contribution in [-0.4, -0.2) is 53.7 Å². The zero-order chi connectivity index (χ0) is 25.7. The largest absolute Gasteiger partial charge is 0.469 e. The molecule has 0 radical (unpaired) electrons. The molecule has 0 aromatic rings. The predicted molar refractivity (Wildman–Crippen MR) is 127 cm³/mol. The average Bonchev–Trinajstić information content (AvgIpc) is 2.97. The van der Waals surface area contributed by atoms with Crippen LogP contribution in [0.1, 0.15) is 59.3 Å². The Bertz CT molecular complexity index is 870. The van der Waals surface area contributed by atoms with Gasteiger partial charge in [-0.15, -0.1) is 0 Å². The van der Waals surface area contributed by atoms with Crippen LogP contribution >= 0.6 is 11.6 Å². The molecular formula is C25H33ClO8. The maximum atomic E-state index is 12.7. The minimum Gasteiger partial charge on any atom is -0.469 e. The van der Waals surface area contributed by atoms with Crippen molar-refractivity contribution >= 4 is 35.3 Å². The first-order chi connectivity index (χ1) is 16.0. The average molecular weight is 497 g/mol. The number of ether oxygens (including phenoxy) is 3. The number of methoxy groups -OCH3 is 1. The molecule has 188 valence electrons. The fourth-order valence-corrected chi connectivity index (χ4v) is 3.68. The molecule has 34 heavy (non-hydrogen) atoms. The summed E-state index contributed by atoms with van der Waals surface area (Å²) < 4.78 is 15.3. The second-order valence-corrected chi connectivity index (χ2v) is 8.21. The van der Waals surface area contributed by atoms with E-state index in [9.17, 15) is 24.3 Å². The highest BCUT2D eigenvalue weighted by molar-refractivity contribution is 6.46. The van der Waals surface area contributed by atoms with Crippen LogP contribution in [0.5, 0.6) is 0 Å². The second-order valence-electron chi connectivity index (χ2n) is 7.81. The number of hydrogen-bond donors (Lipinski definition) is 1. The maximum absolute atomic E-state index is 12.7. The predicted octanol–water partition coefficient (Wildman–Crippen LogP) is 3.86. The third-order valence-corrected chi connectivity index (χ3v) is 5.26. The Morgan fingerprint density at radius 2 is 1.76 bits per heavy atom. The lowest BCUT2D eigenvalue weighted by atomic mass is 9.90. The van der Waals surface area contributed by atoms with E-state index >= 15 is 0 Å². The molecule has 0 fully saturated rings. The van der Waals surface area contributed by atoms with E-state index in [4.69, 9.17) is 21.1 Å². The van der Waals surface area contributed by atoms with Gasteiger partial charge in [-0.2, -0.15) is 0 Å². The van der Waals surface area contributed by atoms with E-state index < -0.39 is 41.5 Å². The molecule has 1 aliphatic carbocycles. The van der Waals surface area contributed by atoms with Gasteiger partial charge in [-0.1, -0.05) is 42.8 Å². The molecule has 9 heteroatoms. The van der Waals surface area contributed by atoms with Crippen LogP contribution in [0.15, 0.2) is 47.1 Å². The molecule has 0 bridgehead atoms. The van der Waals surface area contributed by atoms with Crippen LogP contribution in [0.2, 0.25) is 0 Å². The zero-order valence-electron chi connectivity index (χ0n) is 20.0. The molecule has 1 aliphatic rings. The fourth-order valence-electron chi connectivity index (χ4n) is 3.39. The molecule has 8 nitrogen and oxygen atoms in total. The van der Waals surface area contributed by atoms with Gasteiger partial charge in [0.25, 0.3) is 0 Å². The van der Waals surface area contributed by atoms with Gasteiger partial charge in [0, 0.05) is 32.3 Å². The van der Waals surface area contributed by atoms with Crippen LogP contribution in [-0.2, 0) is 33.4 Å². The van der Waals surface area contributed by atoms with Gasteiger partial charge in [-0.3, -0.25) is 19.2 Å². The summed E-state index contributed by atoms with van der Waals surface area (Å²) in [4.78, 5) is 47.7. The smallest absolute Gasteiger partial charge is 0.305 e. The van der Waals surface area contributed by atoms with E-state index in [0.717, 1.165) is 6.42 Å². The summed E-state index contributed by atoms with van der Waals surface area (Å²) >= 11 is 6.04. The molecule has 0 spiro atoms. The lowest BCUT2D eigenvalue weighted by molar-refractivity contribution is -0.162.